The molecule has 0 bridgehead atoms. The lowest BCUT2D eigenvalue weighted by molar-refractivity contribution is 0.116. The van der Waals surface area contributed by atoms with Crippen LogP contribution in [0.4, 0.5) is 11.4 Å². The van der Waals surface area contributed by atoms with Gasteiger partial charge in [-0.3, -0.25) is 0 Å². The van der Waals surface area contributed by atoms with Crippen LogP contribution >= 0.6 is 0 Å². The number of nitrogens with one attached hydrogen (secondary N) is 1. The summed E-state index contributed by atoms with van der Waals surface area (Å²) in [5, 5.41) is 3.30. The Labute approximate surface area is 77.9 Å². The second-order valence-corrected chi connectivity index (χ2v) is 3.97. The van der Waals surface area contributed by atoms with E-state index >= 15 is 0 Å². The van der Waals surface area contributed by atoms with E-state index in [1.165, 1.54) is 0 Å². The number of fused-ring (bicyclic) bond motifs is 1. The van der Waals surface area contributed by atoms with Gasteiger partial charge in [-0.1, -0.05) is 0 Å². The van der Waals surface area contributed by atoms with Crippen molar-refractivity contribution >= 4 is 11.4 Å². The van der Waals surface area contributed by atoms with Gasteiger partial charge in [-0.25, -0.2) is 0 Å². The topological polar surface area (TPSA) is 47.3 Å². The predicted octanol–water partition coefficient (Wildman–Crippen LogP) is 1.85. The van der Waals surface area contributed by atoms with Gasteiger partial charge in [0.05, 0.1) is 12.2 Å². The number of nitrogens with two attached hydrogens (primary N) is 1. The van der Waals surface area contributed by atoms with Crippen LogP contribution in [0.3, 0.4) is 0 Å². The molecular formula is C10H14N2O. The molecule has 1 aliphatic heterocycles. The minimum atomic E-state index is -0.152. The minimum Gasteiger partial charge on any atom is -0.484 e. The van der Waals surface area contributed by atoms with Gasteiger partial charge in [-0.2, -0.15) is 0 Å². The van der Waals surface area contributed by atoms with Crippen LogP contribution in [-0.4, -0.2) is 12.1 Å². The smallest absolute Gasteiger partial charge is 0.145 e. The Morgan fingerprint density at radius 2 is 2.23 bits per heavy atom. The van der Waals surface area contributed by atoms with Crippen LogP contribution in [0.5, 0.6) is 5.75 Å². The molecule has 0 atom stereocenters. The molecule has 13 heavy (non-hydrogen) atoms. The third kappa shape index (κ3) is 1.54. The molecule has 2 rings (SSSR count). The van der Waals surface area contributed by atoms with Crippen molar-refractivity contribution < 1.29 is 4.74 Å². The SMILES string of the molecule is CC1(C)CNc2ccc(N)cc2O1. The molecule has 0 spiro atoms. The lowest BCUT2D eigenvalue weighted by Crippen LogP contribution is -2.39. The highest BCUT2D eigenvalue weighted by atomic mass is 16.5. The second kappa shape index (κ2) is 2.55. The van der Waals surface area contributed by atoms with E-state index in [4.69, 9.17) is 10.5 Å². The number of benzene rings is 1. The zero-order chi connectivity index (χ0) is 9.47. The molecule has 1 aromatic rings. The lowest BCUT2D eigenvalue weighted by Gasteiger charge is -2.33. The maximum absolute atomic E-state index is 5.76. The van der Waals surface area contributed by atoms with Crippen LogP contribution in [-0.2, 0) is 0 Å². The normalized spacial score (nSPS) is 18.3. The predicted molar refractivity (Wildman–Crippen MR) is 54.1 cm³/mol. The van der Waals surface area contributed by atoms with Gasteiger partial charge in [0, 0.05) is 11.8 Å². The maximum atomic E-state index is 5.76. The molecule has 0 aromatic heterocycles. The Morgan fingerprint density at radius 1 is 1.46 bits per heavy atom. The van der Waals surface area contributed by atoms with Crippen molar-refractivity contribution in [3.05, 3.63) is 18.2 Å². The molecule has 70 valence electrons. The van der Waals surface area contributed by atoms with Gasteiger partial charge in [0.2, 0.25) is 0 Å². The number of hydrogen-bond donors (Lipinski definition) is 2. The molecule has 1 heterocycles. The molecule has 0 saturated heterocycles. The molecular weight excluding hydrogens is 164 g/mol. The summed E-state index contributed by atoms with van der Waals surface area (Å²) in [6.07, 6.45) is 0. The van der Waals surface area contributed by atoms with Crippen molar-refractivity contribution in [2.45, 2.75) is 19.4 Å². The summed E-state index contributed by atoms with van der Waals surface area (Å²) in [6.45, 7) is 4.92. The number of hydrogen-bond acceptors (Lipinski definition) is 3. The number of ether oxygens (including phenoxy) is 1. The van der Waals surface area contributed by atoms with Gasteiger partial charge < -0.3 is 15.8 Å². The molecule has 3 nitrogen and oxygen atoms in total. The van der Waals surface area contributed by atoms with Crippen molar-refractivity contribution in [1.82, 2.24) is 0 Å². The van der Waals surface area contributed by atoms with Gasteiger partial charge in [0.1, 0.15) is 11.4 Å². The van der Waals surface area contributed by atoms with E-state index < -0.39 is 0 Å². The summed E-state index contributed by atoms with van der Waals surface area (Å²) < 4.78 is 5.76. The molecule has 0 amide bonds. The van der Waals surface area contributed by atoms with Crippen LogP contribution in [0.25, 0.3) is 0 Å². The van der Waals surface area contributed by atoms with Gasteiger partial charge in [-0.05, 0) is 26.0 Å². The molecule has 1 aromatic carbocycles. The van der Waals surface area contributed by atoms with E-state index in [1.54, 1.807) is 0 Å². The van der Waals surface area contributed by atoms with Crippen molar-refractivity contribution in [2.24, 2.45) is 0 Å². The van der Waals surface area contributed by atoms with Crippen LogP contribution in [0.1, 0.15) is 13.8 Å². The maximum Gasteiger partial charge on any atom is 0.145 e. The van der Waals surface area contributed by atoms with Crippen molar-refractivity contribution in [3.8, 4) is 5.75 Å². The molecule has 0 radical (unpaired) electrons. The largest absolute Gasteiger partial charge is 0.484 e. The summed E-state index contributed by atoms with van der Waals surface area (Å²) in [5.41, 5.74) is 7.27. The Balaban J connectivity index is 2.38. The van der Waals surface area contributed by atoms with Crippen molar-refractivity contribution in [1.29, 1.82) is 0 Å². The summed E-state index contributed by atoms with van der Waals surface area (Å²) in [5.74, 6) is 0.844. The number of anilines is 2. The fourth-order valence-corrected chi connectivity index (χ4v) is 1.41. The van der Waals surface area contributed by atoms with E-state index in [0.717, 1.165) is 23.7 Å². The number of rotatable bonds is 0. The first-order valence-electron chi connectivity index (χ1n) is 4.39. The molecule has 3 N–H and O–H groups in total. The quantitative estimate of drug-likeness (QED) is 0.596. The second-order valence-electron chi connectivity index (χ2n) is 3.97. The molecule has 0 saturated carbocycles. The summed E-state index contributed by atoms with van der Waals surface area (Å²) in [6, 6.07) is 5.66. The highest BCUT2D eigenvalue weighted by Crippen LogP contribution is 2.33. The van der Waals surface area contributed by atoms with E-state index in [0.29, 0.717) is 0 Å². The van der Waals surface area contributed by atoms with E-state index in [-0.39, 0.29) is 5.60 Å². The summed E-state index contributed by atoms with van der Waals surface area (Å²) >= 11 is 0. The molecule has 0 unspecified atom stereocenters. The van der Waals surface area contributed by atoms with Crippen LogP contribution in [0.15, 0.2) is 18.2 Å². The van der Waals surface area contributed by atoms with Crippen molar-refractivity contribution in [3.63, 3.8) is 0 Å². The first-order valence-corrected chi connectivity index (χ1v) is 4.39. The lowest BCUT2D eigenvalue weighted by atomic mass is 10.1. The molecule has 3 heteroatoms. The fourth-order valence-electron chi connectivity index (χ4n) is 1.41. The average Bonchev–Trinajstić information content (AvgIpc) is 2.01. The third-order valence-corrected chi connectivity index (χ3v) is 2.10. The van der Waals surface area contributed by atoms with Crippen LogP contribution in [0.2, 0.25) is 0 Å². The van der Waals surface area contributed by atoms with E-state index in [9.17, 15) is 0 Å². The Hall–Kier alpha value is -1.38. The number of nitrogen functional groups attached to an aromatic ring is 1. The van der Waals surface area contributed by atoms with Gasteiger partial charge in [0.25, 0.3) is 0 Å². The Bertz CT molecular complexity index is 334. The molecule has 0 aliphatic carbocycles. The monoisotopic (exact) mass is 178 g/mol. The zero-order valence-electron chi connectivity index (χ0n) is 7.92. The summed E-state index contributed by atoms with van der Waals surface area (Å²) in [4.78, 5) is 0. The Morgan fingerprint density at radius 3 is 3.00 bits per heavy atom. The molecule has 1 aliphatic rings. The van der Waals surface area contributed by atoms with Crippen molar-refractivity contribution in [2.75, 3.05) is 17.6 Å². The standard InChI is InChI=1S/C10H14N2O/c1-10(2)6-12-8-4-3-7(11)5-9(8)13-10/h3-5,12H,6,11H2,1-2H3. The van der Waals surface area contributed by atoms with Crippen LogP contribution in [0, 0.1) is 0 Å². The van der Waals surface area contributed by atoms with E-state index in [2.05, 4.69) is 5.32 Å². The highest BCUT2D eigenvalue weighted by molar-refractivity contribution is 5.63. The summed E-state index contributed by atoms with van der Waals surface area (Å²) in [7, 11) is 0. The van der Waals surface area contributed by atoms with Gasteiger partial charge >= 0.3 is 0 Å². The van der Waals surface area contributed by atoms with Gasteiger partial charge in [-0.15, -0.1) is 0 Å². The zero-order valence-corrected chi connectivity index (χ0v) is 7.92. The fraction of sp³-hybridized carbons (Fsp3) is 0.400. The highest BCUT2D eigenvalue weighted by Gasteiger charge is 2.25. The van der Waals surface area contributed by atoms with E-state index in [1.807, 2.05) is 32.0 Å². The average molecular weight is 178 g/mol. The van der Waals surface area contributed by atoms with Gasteiger partial charge in [0.15, 0.2) is 0 Å². The first kappa shape index (κ1) is 8.23. The minimum absolute atomic E-state index is 0.152. The van der Waals surface area contributed by atoms with Crippen LogP contribution < -0.4 is 15.8 Å². The third-order valence-electron chi connectivity index (χ3n) is 2.10. The first-order chi connectivity index (χ1) is 6.07. The Kier molecular flexibility index (Phi) is 1.62. The molecule has 0 fully saturated rings.